The van der Waals surface area contributed by atoms with E-state index < -0.39 is 0 Å². The molecule has 0 aliphatic carbocycles. The van der Waals surface area contributed by atoms with Crippen LogP contribution >= 0.6 is 11.6 Å². The Bertz CT molecular complexity index is 926. The van der Waals surface area contributed by atoms with Gasteiger partial charge in [-0.2, -0.15) is 0 Å². The van der Waals surface area contributed by atoms with Gasteiger partial charge in [-0.1, -0.05) is 48.0 Å². The fraction of sp³-hybridized carbons (Fsp3) is 0.143. The molecule has 0 unspecified atom stereocenters. The van der Waals surface area contributed by atoms with Crippen LogP contribution in [0.4, 0.5) is 0 Å². The first-order valence-electron chi connectivity index (χ1n) is 8.47. The van der Waals surface area contributed by atoms with E-state index in [1.165, 1.54) is 0 Å². The van der Waals surface area contributed by atoms with Gasteiger partial charge in [-0.15, -0.1) is 0 Å². The molecule has 1 aliphatic heterocycles. The van der Waals surface area contributed by atoms with Gasteiger partial charge in [-0.05, 0) is 29.8 Å². The predicted octanol–water partition coefficient (Wildman–Crippen LogP) is 4.66. The molecule has 2 N–H and O–H groups in total. The van der Waals surface area contributed by atoms with Crippen LogP contribution in [0.2, 0.25) is 5.02 Å². The molecule has 0 amide bonds. The topological polar surface area (TPSA) is 57.5 Å². The number of benzene rings is 2. The zero-order chi connectivity index (χ0) is 17.9. The number of aromatic hydroxyl groups is 1. The first-order chi connectivity index (χ1) is 12.7. The second-order valence-electron chi connectivity index (χ2n) is 6.25. The number of nitrogens with zero attached hydrogens (tertiary/aromatic N) is 2. The number of aliphatic imine (C=N–C) groups is 1. The average Bonchev–Trinajstić information content (AvgIpc) is 2.69. The Morgan fingerprint density at radius 2 is 1.81 bits per heavy atom. The van der Waals surface area contributed by atoms with Crippen LogP contribution in [0, 0.1) is 0 Å². The maximum atomic E-state index is 10.3. The van der Waals surface area contributed by atoms with E-state index in [1.807, 2.05) is 60.8 Å². The van der Waals surface area contributed by atoms with Crippen molar-refractivity contribution in [1.82, 2.24) is 10.3 Å². The zero-order valence-electron chi connectivity index (χ0n) is 14.0. The standard InChI is InChI=1S/C21H18ClN3O/c22-16-9-7-14(8-10-16)21-24-18(15-4-3-11-23-13-15)12-19(25-21)17-5-1-2-6-20(17)26/h1-11,13,19,21,25-26H,12H2/t19-,21+/m1/s1. The molecule has 2 heterocycles. The van der Waals surface area contributed by atoms with Gasteiger partial charge in [0, 0.05) is 46.7 Å². The largest absolute Gasteiger partial charge is 0.508 e. The smallest absolute Gasteiger partial charge is 0.126 e. The van der Waals surface area contributed by atoms with Crippen LogP contribution in [0.5, 0.6) is 5.75 Å². The molecule has 26 heavy (non-hydrogen) atoms. The zero-order valence-corrected chi connectivity index (χ0v) is 14.8. The molecule has 0 saturated heterocycles. The number of hydrogen-bond acceptors (Lipinski definition) is 4. The highest BCUT2D eigenvalue weighted by atomic mass is 35.5. The molecule has 1 aromatic heterocycles. The normalized spacial score (nSPS) is 19.8. The molecule has 5 heteroatoms. The van der Waals surface area contributed by atoms with Crippen LogP contribution in [0.1, 0.15) is 35.3 Å². The Balaban J connectivity index is 1.75. The number of para-hydroxylation sites is 1. The first kappa shape index (κ1) is 16.8. The number of aromatic nitrogens is 1. The van der Waals surface area contributed by atoms with Gasteiger partial charge in [-0.25, -0.2) is 0 Å². The summed E-state index contributed by atoms with van der Waals surface area (Å²) in [7, 11) is 0. The molecular formula is C21H18ClN3O. The van der Waals surface area contributed by atoms with E-state index in [0.29, 0.717) is 11.4 Å². The van der Waals surface area contributed by atoms with Gasteiger partial charge in [-0.3, -0.25) is 15.3 Å². The van der Waals surface area contributed by atoms with Gasteiger partial charge < -0.3 is 5.11 Å². The summed E-state index contributed by atoms with van der Waals surface area (Å²) >= 11 is 6.02. The number of nitrogens with one attached hydrogen (secondary N) is 1. The summed E-state index contributed by atoms with van der Waals surface area (Å²) < 4.78 is 0. The van der Waals surface area contributed by atoms with Gasteiger partial charge in [0.2, 0.25) is 0 Å². The third-order valence-corrected chi connectivity index (χ3v) is 4.79. The van der Waals surface area contributed by atoms with Crippen LogP contribution in [0.15, 0.2) is 78.0 Å². The second-order valence-corrected chi connectivity index (χ2v) is 6.69. The summed E-state index contributed by atoms with van der Waals surface area (Å²) in [6.45, 7) is 0. The molecular weight excluding hydrogens is 346 g/mol. The minimum atomic E-state index is -0.221. The summed E-state index contributed by atoms with van der Waals surface area (Å²) in [5, 5.41) is 14.5. The summed E-state index contributed by atoms with van der Waals surface area (Å²) in [4.78, 5) is 9.11. The molecule has 2 aromatic carbocycles. The monoisotopic (exact) mass is 363 g/mol. The Kier molecular flexibility index (Phi) is 4.69. The van der Waals surface area contributed by atoms with Crippen LogP contribution in [0.25, 0.3) is 0 Å². The highest BCUT2D eigenvalue weighted by molar-refractivity contribution is 6.30. The fourth-order valence-corrected chi connectivity index (χ4v) is 3.34. The van der Waals surface area contributed by atoms with Crippen molar-refractivity contribution in [1.29, 1.82) is 0 Å². The third kappa shape index (κ3) is 3.47. The quantitative estimate of drug-likeness (QED) is 0.711. The van der Waals surface area contributed by atoms with Gasteiger partial charge in [0.15, 0.2) is 0 Å². The molecule has 2 atom stereocenters. The molecule has 0 spiro atoms. The van der Waals surface area contributed by atoms with E-state index in [-0.39, 0.29) is 18.0 Å². The number of hydrogen-bond donors (Lipinski definition) is 2. The van der Waals surface area contributed by atoms with E-state index in [1.54, 1.807) is 12.3 Å². The molecule has 3 aromatic rings. The Morgan fingerprint density at radius 3 is 2.54 bits per heavy atom. The molecule has 4 rings (SSSR count). The van der Waals surface area contributed by atoms with Crippen molar-refractivity contribution in [2.75, 3.05) is 0 Å². The van der Waals surface area contributed by atoms with E-state index in [2.05, 4.69) is 10.3 Å². The van der Waals surface area contributed by atoms with Crippen LogP contribution in [-0.4, -0.2) is 15.8 Å². The maximum Gasteiger partial charge on any atom is 0.126 e. The van der Waals surface area contributed by atoms with E-state index in [9.17, 15) is 5.11 Å². The lowest BCUT2D eigenvalue weighted by Gasteiger charge is -2.30. The highest BCUT2D eigenvalue weighted by Crippen LogP contribution is 2.34. The lowest BCUT2D eigenvalue weighted by atomic mass is 9.94. The highest BCUT2D eigenvalue weighted by Gasteiger charge is 2.27. The summed E-state index contributed by atoms with van der Waals surface area (Å²) in [5.41, 5.74) is 3.84. The minimum Gasteiger partial charge on any atom is -0.508 e. The minimum absolute atomic E-state index is 0.0513. The van der Waals surface area contributed by atoms with Crippen LogP contribution in [0.3, 0.4) is 0 Å². The SMILES string of the molecule is Oc1ccccc1[C@H]1CC(c2cccnc2)=N[C@H](c2ccc(Cl)cc2)N1. The molecule has 0 fully saturated rings. The number of halogens is 1. The molecule has 1 aliphatic rings. The molecule has 4 nitrogen and oxygen atoms in total. The lowest BCUT2D eigenvalue weighted by molar-refractivity contribution is 0.412. The van der Waals surface area contributed by atoms with E-state index >= 15 is 0 Å². The third-order valence-electron chi connectivity index (χ3n) is 4.53. The number of pyridine rings is 1. The molecule has 0 saturated carbocycles. The van der Waals surface area contributed by atoms with Gasteiger partial charge in [0.1, 0.15) is 11.9 Å². The Hall–Kier alpha value is -2.69. The van der Waals surface area contributed by atoms with E-state index in [4.69, 9.17) is 16.6 Å². The van der Waals surface area contributed by atoms with Crippen LogP contribution in [-0.2, 0) is 0 Å². The summed E-state index contributed by atoms with van der Waals surface area (Å²) in [6, 6.07) is 19.0. The average molecular weight is 364 g/mol. The Morgan fingerprint density at radius 1 is 1.00 bits per heavy atom. The van der Waals surface area contributed by atoms with Crippen molar-refractivity contribution >= 4 is 17.3 Å². The fourth-order valence-electron chi connectivity index (χ4n) is 3.21. The van der Waals surface area contributed by atoms with Crippen molar-refractivity contribution in [3.63, 3.8) is 0 Å². The van der Waals surface area contributed by atoms with Crippen molar-refractivity contribution in [3.05, 3.63) is 94.8 Å². The Labute approximate surface area is 157 Å². The van der Waals surface area contributed by atoms with Gasteiger partial charge >= 0.3 is 0 Å². The van der Waals surface area contributed by atoms with Crippen LogP contribution < -0.4 is 5.32 Å². The summed E-state index contributed by atoms with van der Waals surface area (Å²) in [5.74, 6) is 0.285. The second kappa shape index (κ2) is 7.28. The van der Waals surface area contributed by atoms with Crippen molar-refractivity contribution in [3.8, 4) is 5.75 Å². The number of rotatable bonds is 3. The van der Waals surface area contributed by atoms with Crippen molar-refractivity contribution in [2.24, 2.45) is 4.99 Å². The molecule has 0 radical (unpaired) electrons. The maximum absolute atomic E-state index is 10.3. The van der Waals surface area contributed by atoms with Gasteiger partial charge in [0.05, 0.1) is 0 Å². The molecule has 130 valence electrons. The first-order valence-corrected chi connectivity index (χ1v) is 8.85. The predicted molar refractivity (Wildman–Crippen MR) is 104 cm³/mol. The lowest BCUT2D eigenvalue weighted by Crippen LogP contribution is -2.33. The van der Waals surface area contributed by atoms with Gasteiger partial charge in [0.25, 0.3) is 0 Å². The molecule has 0 bridgehead atoms. The van der Waals surface area contributed by atoms with Crippen molar-refractivity contribution in [2.45, 2.75) is 18.6 Å². The summed E-state index contributed by atoms with van der Waals surface area (Å²) in [6.07, 6.45) is 4.03. The number of phenolic OH excluding ortho intramolecular Hbond substituents is 1. The van der Waals surface area contributed by atoms with E-state index in [0.717, 1.165) is 22.4 Å². The van der Waals surface area contributed by atoms with Crippen molar-refractivity contribution < 1.29 is 5.11 Å². The number of phenols is 1.